The van der Waals surface area contributed by atoms with Crippen LogP contribution >= 0.6 is 0 Å². The van der Waals surface area contributed by atoms with Crippen LogP contribution in [0.2, 0.25) is 0 Å². The standard InChI is InChI=1S/C10H12F3N3O/c1-3-4-14-9(17)6-16-7(2)5-8(15-16)10(11,12)13/h3,5H,1,4,6H2,2H3,(H,14,17). The van der Waals surface area contributed by atoms with Gasteiger partial charge in [-0.1, -0.05) is 6.08 Å². The molecule has 0 fully saturated rings. The molecule has 0 bridgehead atoms. The second-order valence-corrected chi connectivity index (χ2v) is 3.42. The molecule has 0 aromatic carbocycles. The quantitative estimate of drug-likeness (QED) is 0.820. The van der Waals surface area contributed by atoms with Gasteiger partial charge in [-0.25, -0.2) is 0 Å². The maximum atomic E-state index is 12.3. The maximum absolute atomic E-state index is 12.3. The van der Waals surface area contributed by atoms with E-state index in [2.05, 4.69) is 17.0 Å². The first-order valence-corrected chi connectivity index (χ1v) is 4.84. The number of alkyl halides is 3. The number of carbonyl (C=O) groups is 1. The fourth-order valence-electron chi connectivity index (χ4n) is 1.19. The summed E-state index contributed by atoms with van der Waals surface area (Å²) in [5.74, 6) is -0.412. The van der Waals surface area contributed by atoms with Gasteiger partial charge in [0.05, 0.1) is 0 Å². The number of aryl methyl sites for hydroxylation is 1. The molecule has 0 saturated heterocycles. The monoisotopic (exact) mass is 247 g/mol. The summed E-state index contributed by atoms with van der Waals surface area (Å²) in [5.41, 5.74) is -0.711. The molecule has 0 aliphatic heterocycles. The lowest BCUT2D eigenvalue weighted by Gasteiger charge is -2.04. The predicted octanol–water partition coefficient (Wildman–Crippen LogP) is 1.51. The van der Waals surface area contributed by atoms with Crippen molar-refractivity contribution >= 4 is 5.91 Å². The smallest absolute Gasteiger partial charge is 0.351 e. The molecule has 1 amide bonds. The molecule has 94 valence electrons. The molecule has 0 saturated carbocycles. The van der Waals surface area contributed by atoms with Gasteiger partial charge < -0.3 is 5.32 Å². The molecule has 0 unspecified atom stereocenters. The molecule has 17 heavy (non-hydrogen) atoms. The summed E-state index contributed by atoms with van der Waals surface area (Å²) in [6, 6.07) is 0.904. The van der Waals surface area contributed by atoms with Gasteiger partial charge >= 0.3 is 6.18 Å². The van der Waals surface area contributed by atoms with E-state index < -0.39 is 17.8 Å². The number of aromatic nitrogens is 2. The molecule has 0 aliphatic carbocycles. The molecular formula is C10H12F3N3O. The van der Waals surface area contributed by atoms with Crippen molar-refractivity contribution in [2.75, 3.05) is 6.54 Å². The minimum Gasteiger partial charge on any atom is -0.351 e. The minimum absolute atomic E-state index is 0.240. The summed E-state index contributed by atoms with van der Waals surface area (Å²) >= 11 is 0. The third-order valence-corrected chi connectivity index (χ3v) is 2.01. The van der Waals surface area contributed by atoms with Crippen molar-refractivity contribution in [1.82, 2.24) is 15.1 Å². The Bertz CT molecular complexity index is 423. The lowest BCUT2D eigenvalue weighted by Crippen LogP contribution is -2.28. The van der Waals surface area contributed by atoms with Crippen molar-refractivity contribution in [2.24, 2.45) is 0 Å². The number of amides is 1. The van der Waals surface area contributed by atoms with Gasteiger partial charge in [0.15, 0.2) is 5.69 Å². The largest absolute Gasteiger partial charge is 0.435 e. The Morgan fingerprint density at radius 3 is 2.76 bits per heavy atom. The number of hydrogen-bond donors (Lipinski definition) is 1. The van der Waals surface area contributed by atoms with Crippen molar-refractivity contribution in [1.29, 1.82) is 0 Å². The van der Waals surface area contributed by atoms with Crippen molar-refractivity contribution in [3.05, 3.63) is 30.1 Å². The average Bonchev–Trinajstić information content (AvgIpc) is 2.57. The number of halogens is 3. The van der Waals surface area contributed by atoms with Gasteiger partial charge in [0.1, 0.15) is 6.54 Å². The van der Waals surface area contributed by atoms with Gasteiger partial charge in [0, 0.05) is 12.2 Å². The third kappa shape index (κ3) is 3.61. The first kappa shape index (κ1) is 13.3. The number of nitrogens with one attached hydrogen (secondary N) is 1. The minimum atomic E-state index is -4.49. The first-order valence-electron chi connectivity index (χ1n) is 4.84. The maximum Gasteiger partial charge on any atom is 0.435 e. The molecule has 1 aromatic heterocycles. The molecule has 1 rings (SSSR count). The van der Waals surface area contributed by atoms with E-state index in [9.17, 15) is 18.0 Å². The van der Waals surface area contributed by atoms with Crippen LogP contribution < -0.4 is 5.32 Å². The molecule has 7 heteroatoms. The van der Waals surface area contributed by atoms with Gasteiger partial charge in [-0.05, 0) is 13.0 Å². The Balaban J connectivity index is 2.75. The SMILES string of the molecule is C=CCNC(=O)Cn1nc(C(F)(F)F)cc1C. The van der Waals surface area contributed by atoms with Crippen LogP contribution in [0.15, 0.2) is 18.7 Å². The molecule has 0 aliphatic rings. The molecule has 1 heterocycles. The Morgan fingerprint density at radius 1 is 1.65 bits per heavy atom. The highest BCUT2D eigenvalue weighted by atomic mass is 19.4. The van der Waals surface area contributed by atoms with Crippen molar-refractivity contribution in [3.63, 3.8) is 0 Å². The van der Waals surface area contributed by atoms with E-state index in [1.165, 1.54) is 13.0 Å². The van der Waals surface area contributed by atoms with Crippen LogP contribution in [0, 0.1) is 6.92 Å². The van der Waals surface area contributed by atoms with Gasteiger partial charge in [0.25, 0.3) is 0 Å². The third-order valence-electron chi connectivity index (χ3n) is 2.01. The van der Waals surface area contributed by atoms with Gasteiger partial charge in [0.2, 0.25) is 5.91 Å². The van der Waals surface area contributed by atoms with E-state index in [0.717, 1.165) is 10.7 Å². The zero-order valence-electron chi connectivity index (χ0n) is 9.21. The van der Waals surface area contributed by atoms with E-state index >= 15 is 0 Å². The van der Waals surface area contributed by atoms with Crippen LogP contribution in [0.5, 0.6) is 0 Å². The zero-order valence-corrected chi connectivity index (χ0v) is 9.21. The highest BCUT2D eigenvalue weighted by Crippen LogP contribution is 2.28. The molecule has 0 spiro atoms. The molecule has 1 aromatic rings. The van der Waals surface area contributed by atoms with Crippen LogP contribution in [0.1, 0.15) is 11.4 Å². The lowest BCUT2D eigenvalue weighted by molar-refractivity contribution is -0.141. The molecule has 1 N–H and O–H groups in total. The number of rotatable bonds is 4. The van der Waals surface area contributed by atoms with Gasteiger partial charge in [-0.15, -0.1) is 6.58 Å². The normalized spacial score (nSPS) is 11.3. The van der Waals surface area contributed by atoms with Gasteiger partial charge in [-0.2, -0.15) is 18.3 Å². The van der Waals surface area contributed by atoms with Crippen molar-refractivity contribution in [2.45, 2.75) is 19.6 Å². The van der Waals surface area contributed by atoms with Crippen LogP contribution in [0.3, 0.4) is 0 Å². The summed E-state index contributed by atoms with van der Waals surface area (Å²) < 4.78 is 38.0. The van der Waals surface area contributed by atoms with Crippen LogP contribution in [-0.2, 0) is 17.5 Å². The van der Waals surface area contributed by atoms with E-state index in [-0.39, 0.29) is 18.8 Å². The summed E-state index contributed by atoms with van der Waals surface area (Å²) in [4.78, 5) is 11.3. The van der Waals surface area contributed by atoms with Crippen molar-refractivity contribution in [3.8, 4) is 0 Å². The van der Waals surface area contributed by atoms with E-state index in [1.807, 2.05) is 0 Å². The topological polar surface area (TPSA) is 46.9 Å². The predicted molar refractivity (Wildman–Crippen MR) is 55.2 cm³/mol. The van der Waals surface area contributed by atoms with E-state index in [0.29, 0.717) is 0 Å². The second kappa shape index (κ2) is 5.03. The van der Waals surface area contributed by atoms with E-state index in [1.54, 1.807) is 0 Å². The summed E-state index contributed by atoms with van der Waals surface area (Å²) in [5, 5.41) is 5.79. The van der Waals surface area contributed by atoms with Gasteiger partial charge in [-0.3, -0.25) is 9.48 Å². The fourth-order valence-corrected chi connectivity index (χ4v) is 1.19. The Morgan fingerprint density at radius 2 is 2.29 bits per heavy atom. The molecule has 0 radical (unpaired) electrons. The number of carbonyl (C=O) groups excluding carboxylic acids is 1. The van der Waals surface area contributed by atoms with Crippen LogP contribution in [-0.4, -0.2) is 22.2 Å². The van der Waals surface area contributed by atoms with Crippen LogP contribution in [0.4, 0.5) is 13.2 Å². The molecule has 4 nitrogen and oxygen atoms in total. The highest BCUT2D eigenvalue weighted by Gasteiger charge is 2.34. The fraction of sp³-hybridized carbons (Fsp3) is 0.400. The van der Waals surface area contributed by atoms with Crippen molar-refractivity contribution < 1.29 is 18.0 Å². The molecular weight excluding hydrogens is 235 g/mol. The van der Waals surface area contributed by atoms with E-state index in [4.69, 9.17) is 0 Å². The summed E-state index contributed by atoms with van der Waals surface area (Å²) in [6.07, 6.45) is -3.01. The Kier molecular flexibility index (Phi) is 3.93. The molecule has 0 atom stereocenters. The lowest BCUT2D eigenvalue weighted by atomic mass is 10.3. The highest BCUT2D eigenvalue weighted by molar-refractivity contribution is 5.75. The first-order chi connectivity index (χ1) is 7.84. The van der Waals surface area contributed by atoms with Crippen LogP contribution in [0.25, 0.3) is 0 Å². The summed E-state index contributed by atoms with van der Waals surface area (Å²) in [6.45, 7) is 4.90. The zero-order chi connectivity index (χ0) is 13.1. The number of hydrogen-bond acceptors (Lipinski definition) is 2. The average molecular weight is 247 g/mol. The summed E-state index contributed by atoms with van der Waals surface area (Å²) in [7, 11) is 0. The second-order valence-electron chi connectivity index (χ2n) is 3.42. The Labute approximate surface area is 96.1 Å². The number of nitrogens with zero attached hydrogens (tertiary/aromatic N) is 2. The Hall–Kier alpha value is -1.79.